The first kappa shape index (κ1) is 12.9. The van der Waals surface area contributed by atoms with E-state index < -0.39 is 0 Å². The van der Waals surface area contributed by atoms with Crippen molar-refractivity contribution in [3.63, 3.8) is 0 Å². The summed E-state index contributed by atoms with van der Waals surface area (Å²) in [4.78, 5) is 4.38. The summed E-state index contributed by atoms with van der Waals surface area (Å²) in [5.41, 5.74) is 4.55. The van der Waals surface area contributed by atoms with Crippen LogP contribution in [0, 0.1) is 13.8 Å². The SMILES string of the molecule is Cc1ccc(NCc2nc(-c3ccsc3)no2)c(C)c1. The molecule has 0 unspecified atom stereocenters. The van der Waals surface area contributed by atoms with Crippen LogP contribution in [0.5, 0.6) is 0 Å². The van der Waals surface area contributed by atoms with Crippen LogP contribution in [0.3, 0.4) is 0 Å². The molecule has 2 aromatic heterocycles. The van der Waals surface area contributed by atoms with Crippen molar-refractivity contribution < 1.29 is 4.52 Å². The van der Waals surface area contributed by atoms with E-state index in [2.05, 4.69) is 47.5 Å². The van der Waals surface area contributed by atoms with Gasteiger partial charge in [0.25, 0.3) is 0 Å². The van der Waals surface area contributed by atoms with Crippen LogP contribution in [0.25, 0.3) is 11.4 Å². The molecule has 0 amide bonds. The van der Waals surface area contributed by atoms with Gasteiger partial charge in [0.15, 0.2) is 0 Å². The number of aromatic nitrogens is 2. The highest BCUT2D eigenvalue weighted by Gasteiger charge is 2.09. The first-order valence-corrected chi connectivity index (χ1v) is 7.33. The number of nitrogens with one attached hydrogen (secondary N) is 1. The molecule has 2 heterocycles. The molecule has 0 aliphatic carbocycles. The summed E-state index contributed by atoms with van der Waals surface area (Å²) in [6.45, 7) is 4.70. The first-order chi connectivity index (χ1) is 9.72. The van der Waals surface area contributed by atoms with E-state index in [4.69, 9.17) is 4.52 Å². The van der Waals surface area contributed by atoms with Crippen LogP contribution in [0.15, 0.2) is 39.5 Å². The van der Waals surface area contributed by atoms with Crippen molar-refractivity contribution in [3.05, 3.63) is 52.0 Å². The molecule has 1 N–H and O–H groups in total. The van der Waals surface area contributed by atoms with Gasteiger partial charge in [0, 0.05) is 16.6 Å². The van der Waals surface area contributed by atoms with E-state index in [1.165, 1.54) is 11.1 Å². The fraction of sp³-hybridized carbons (Fsp3) is 0.200. The number of anilines is 1. The largest absolute Gasteiger partial charge is 0.376 e. The maximum Gasteiger partial charge on any atom is 0.246 e. The predicted molar refractivity (Wildman–Crippen MR) is 80.9 cm³/mol. The van der Waals surface area contributed by atoms with Gasteiger partial charge in [0.1, 0.15) is 0 Å². The number of thiophene rings is 1. The van der Waals surface area contributed by atoms with Gasteiger partial charge in [-0.3, -0.25) is 0 Å². The first-order valence-electron chi connectivity index (χ1n) is 6.38. The Kier molecular flexibility index (Phi) is 3.52. The van der Waals surface area contributed by atoms with Crippen LogP contribution in [0.1, 0.15) is 17.0 Å². The third-order valence-electron chi connectivity index (χ3n) is 3.06. The zero-order chi connectivity index (χ0) is 13.9. The monoisotopic (exact) mass is 285 g/mol. The van der Waals surface area contributed by atoms with E-state index in [0.29, 0.717) is 18.3 Å². The molecule has 0 radical (unpaired) electrons. The fourth-order valence-electron chi connectivity index (χ4n) is 2.02. The van der Waals surface area contributed by atoms with Crippen molar-refractivity contribution >= 4 is 17.0 Å². The van der Waals surface area contributed by atoms with Crippen molar-refractivity contribution in [2.45, 2.75) is 20.4 Å². The smallest absolute Gasteiger partial charge is 0.246 e. The molecule has 4 nitrogen and oxygen atoms in total. The Bertz CT molecular complexity index is 704. The maximum absolute atomic E-state index is 5.25. The zero-order valence-electron chi connectivity index (χ0n) is 11.4. The Balaban J connectivity index is 1.70. The Morgan fingerprint density at radius 3 is 2.90 bits per heavy atom. The molecule has 0 bridgehead atoms. The van der Waals surface area contributed by atoms with Crippen molar-refractivity contribution in [2.24, 2.45) is 0 Å². The standard InChI is InChI=1S/C15H15N3OS/c1-10-3-4-13(11(2)7-10)16-8-14-17-15(18-19-14)12-5-6-20-9-12/h3-7,9,16H,8H2,1-2H3. The van der Waals surface area contributed by atoms with Crippen molar-refractivity contribution in [1.82, 2.24) is 10.1 Å². The lowest BCUT2D eigenvalue weighted by molar-refractivity contribution is 0.384. The molecule has 0 spiro atoms. The molecule has 0 saturated carbocycles. The number of hydrogen-bond acceptors (Lipinski definition) is 5. The van der Waals surface area contributed by atoms with Gasteiger partial charge in [-0.25, -0.2) is 0 Å². The van der Waals surface area contributed by atoms with Gasteiger partial charge in [-0.15, -0.1) is 0 Å². The summed E-state index contributed by atoms with van der Waals surface area (Å²) >= 11 is 1.62. The molecule has 20 heavy (non-hydrogen) atoms. The lowest BCUT2D eigenvalue weighted by Crippen LogP contribution is -2.01. The lowest BCUT2D eigenvalue weighted by atomic mass is 10.1. The van der Waals surface area contributed by atoms with Crippen LogP contribution in [-0.4, -0.2) is 10.1 Å². The van der Waals surface area contributed by atoms with Crippen molar-refractivity contribution in [3.8, 4) is 11.4 Å². The topological polar surface area (TPSA) is 51.0 Å². The summed E-state index contributed by atoms with van der Waals surface area (Å²) in [6.07, 6.45) is 0. The minimum absolute atomic E-state index is 0.529. The van der Waals surface area contributed by atoms with Crippen LogP contribution in [0.4, 0.5) is 5.69 Å². The molecular weight excluding hydrogens is 270 g/mol. The fourth-order valence-corrected chi connectivity index (χ4v) is 2.65. The molecule has 102 valence electrons. The summed E-state index contributed by atoms with van der Waals surface area (Å²) in [7, 11) is 0. The number of hydrogen-bond donors (Lipinski definition) is 1. The van der Waals surface area contributed by atoms with Crippen LogP contribution < -0.4 is 5.32 Å². The van der Waals surface area contributed by atoms with E-state index in [9.17, 15) is 0 Å². The van der Waals surface area contributed by atoms with E-state index in [1.807, 2.05) is 16.8 Å². The van der Waals surface area contributed by atoms with Gasteiger partial charge in [-0.05, 0) is 36.9 Å². The van der Waals surface area contributed by atoms with E-state index in [0.717, 1.165) is 11.3 Å². The van der Waals surface area contributed by atoms with Gasteiger partial charge in [-0.1, -0.05) is 22.9 Å². The van der Waals surface area contributed by atoms with Crippen molar-refractivity contribution in [1.29, 1.82) is 0 Å². The van der Waals surface area contributed by atoms with E-state index >= 15 is 0 Å². The summed E-state index contributed by atoms with van der Waals surface area (Å²) in [5, 5.41) is 11.3. The highest BCUT2D eigenvalue weighted by molar-refractivity contribution is 7.08. The molecule has 0 fully saturated rings. The second kappa shape index (κ2) is 5.46. The lowest BCUT2D eigenvalue weighted by Gasteiger charge is -2.07. The minimum Gasteiger partial charge on any atom is -0.376 e. The molecule has 3 aromatic rings. The molecule has 0 atom stereocenters. The molecule has 1 aromatic carbocycles. The zero-order valence-corrected chi connectivity index (χ0v) is 12.2. The van der Waals surface area contributed by atoms with Gasteiger partial charge < -0.3 is 9.84 Å². The minimum atomic E-state index is 0.529. The average Bonchev–Trinajstić information content (AvgIpc) is 3.08. The summed E-state index contributed by atoms with van der Waals surface area (Å²) in [5.74, 6) is 1.23. The van der Waals surface area contributed by atoms with Gasteiger partial charge in [0.05, 0.1) is 6.54 Å². The third-order valence-corrected chi connectivity index (χ3v) is 3.74. The molecule has 0 aliphatic rings. The third kappa shape index (κ3) is 2.72. The predicted octanol–water partition coefficient (Wildman–Crippen LogP) is 4.03. The van der Waals surface area contributed by atoms with E-state index in [1.54, 1.807) is 11.3 Å². The van der Waals surface area contributed by atoms with Crippen LogP contribution in [-0.2, 0) is 6.54 Å². The second-order valence-corrected chi connectivity index (χ2v) is 5.48. The van der Waals surface area contributed by atoms with E-state index in [-0.39, 0.29) is 0 Å². The summed E-state index contributed by atoms with van der Waals surface area (Å²) < 4.78 is 5.25. The molecular formula is C15H15N3OS. The van der Waals surface area contributed by atoms with Crippen LogP contribution in [0.2, 0.25) is 0 Å². The number of rotatable bonds is 4. The summed E-state index contributed by atoms with van der Waals surface area (Å²) in [6, 6.07) is 8.28. The van der Waals surface area contributed by atoms with Gasteiger partial charge >= 0.3 is 0 Å². The molecule has 3 rings (SSSR count). The Hall–Kier alpha value is -2.14. The highest BCUT2D eigenvalue weighted by Crippen LogP contribution is 2.20. The molecule has 0 saturated heterocycles. The maximum atomic E-state index is 5.25. The average molecular weight is 285 g/mol. The molecule has 5 heteroatoms. The Morgan fingerprint density at radius 2 is 2.15 bits per heavy atom. The molecule has 0 aliphatic heterocycles. The Morgan fingerprint density at radius 1 is 1.25 bits per heavy atom. The Labute approximate surface area is 121 Å². The highest BCUT2D eigenvalue weighted by atomic mass is 32.1. The van der Waals surface area contributed by atoms with Gasteiger partial charge in [-0.2, -0.15) is 16.3 Å². The number of nitrogens with zero attached hydrogens (tertiary/aromatic N) is 2. The quantitative estimate of drug-likeness (QED) is 0.786. The van der Waals surface area contributed by atoms with Crippen LogP contribution >= 0.6 is 11.3 Å². The second-order valence-electron chi connectivity index (χ2n) is 4.70. The number of benzene rings is 1. The van der Waals surface area contributed by atoms with Crippen molar-refractivity contribution in [2.75, 3.05) is 5.32 Å². The number of aryl methyl sites for hydroxylation is 2. The normalized spacial score (nSPS) is 10.7. The van der Waals surface area contributed by atoms with Gasteiger partial charge in [0.2, 0.25) is 11.7 Å².